The summed E-state index contributed by atoms with van der Waals surface area (Å²) in [6.45, 7) is 9.26. The molecule has 4 heterocycles. The van der Waals surface area contributed by atoms with Crippen LogP contribution in [0.3, 0.4) is 0 Å². The van der Waals surface area contributed by atoms with Crippen LogP contribution in [0.4, 0.5) is 5.82 Å². The van der Waals surface area contributed by atoms with Crippen LogP contribution in [0.25, 0.3) is 10.9 Å². The highest BCUT2D eigenvalue weighted by Crippen LogP contribution is 2.29. The number of aromatic nitrogens is 3. The average molecular weight is 508 g/mol. The topological polar surface area (TPSA) is 82.0 Å². The third-order valence-corrected chi connectivity index (χ3v) is 7.19. The van der Waals surface area contributed by atoms with Crippen molar-refractivity contribution in [2.24, 2.45) is 0 Å². The minimum atomic E-state index is 0.0714. The number of anilines is 1. The first-order valence-corrected chi connectivity index (χ1v) is 13.2. The second kappa shape index (κ2) is 11.5. The number of rotatable bonds is 9. The van der Waals surface area contributed by atoms with Crippen molar-refractivity contribution in [3.05, 3.63) is 47.3 Å². The van der Waals surface area contributed by atoms with Gasteiger partial charge in [0.15, 0.2) is 0 Å². The lowest BCUT2D eigenvalue weighted by atomic mass is 10.1. The Morgan fingerprint density at radius 3 is 2.70 bits per heavy atom. The van der Waals surface area contributed by atoms with Gasteiger partial charge < -0.3 is 24.0 Å². The number of fused-ring (bicyclic) bond motifs is 1. The Labute approximate surface area is 218 Å². The van der Waals surface area contributed by atoms with Gasteiger partial charge in [-0.1, -0.05) is 0 Å². The number of pyridine rings is 1. The quantitative estimate of drug-likeness (QED) is 0.439. The molecule has 0 unspecified atom stereocenters. The number of carbonyl (C=O) groups excluding carboxylic acids is 1. The number of benzene rings is 1. The van der Waals surface area contributed by atoms with Crippen molar-refractivity contribution in [3.8, 4) is 5.75 Å². The predicted octanol–water partition coefficient (Wildman–Crippen LogP) is 3.49. The summed E-state index contributed by atoms with van der Waals surface area (Å²) in [6.07, 6.45) is 2.48. The maximum atomic E-state index is 13.6. The van der Waals surface area contributed by atoms with Crippen molar-refractivity contribution < 1.29 is 19.0 Å². The molecule has 37 heavy (non-hydrogen) atoms. The standard InChI is InChI=1S/C28H37N5O4/c1-20-15-21(2)33(30-20)9-8-27(34)32(19-25-5-4-12-37-25)18-23-16-22-6-7-24(35-3)17-26(22)29-28(23)31-10-13-36-14-11-31/h6-7,15-17,25H,4-5,8-14,18-19H2,1-3H3/t25-/m0/s1. The lowest BCUT2D eigenvalue weighted by Crippen LogP contribution is -2.40. The van der Waals surface area contributed by atoms with Crippen LogP contribution in [0.5, 0.6) is 5.75 Å². The largest absolute Gasteiger partial charge is 0.497 e. The Morgan fingerprint density at radius 1 is 1.16 bits per heavy atom. The normalized spacial score (nSPS) is 17.9. The molecule has 1 aromatic carbocycles. The van der Waals surface area contributed by atoms with Gasteiger partial charge in [0.25, 0.3) is 0 Å². The highest BCUT2D eigenvalue weighted by molar-refractivity contribution is 5.84. The monoisotopic (exact) mass is 507 g/mol. The Balaban J connectivity index is 1.44. The van der Waals surface area contributed by atoms with E-state index in [9.17, 15) is 4.79 Å². The molecule has 1 amide bonds. The molecule has 9 nitrogen and oxygen atoms in total. The van der Waals surface area contributed by atoms with Gasteiger partial charge >= 0.3 is 0 Å². The first-order chi connectivity index (χ1) is 18.0. The van der Waals surface area contributed by atoms with Crippen LogP contribution in [-0.4, -0.2) is 78.2 Å². The Morgan fingerprint density at radius 2 is 2.00 bits per heavy atom. The smallest absolute Gasteiger partial charge is 0.224 e. The minimum absolute atomic E-state index is 0.0714. The van der Waals surface area contributed by atoms with E-state index in [4.69, 9.17) is 19.2 Å². The van der Waals surface area contributed by atoms with Crippen molar-refractivity contribution in [1.29, 1.82) is 0 Å². The van der Waals surface area contributed by atoms with Crippen molar-refractivity contribution in [3.63, 3.8) is 0 Å². The first-order valence-electron chi connectivity index (χ1n) is 13.2. The molecule has 5 rings (SSSR count). The van der Waals surface area contributed by atoms with E-state index in [0.29, 0.717) is 39.3 Å². The summed E-state index contributed by atoms with van der Waals surface area (Å²) < 4.78 is 18.9. The molecule has 198 valence electrons. The molecule has 2 aromatic heterocycles. The molecular weight excluding hydrogens is 470 g/mol. The summed E-state index contributed by atoms with van der Waals surface area (Å²) in [4.78, 5) is 22.9. The van der Waals surface area contributed by atoms with E-state index in [2.05, 4.69) is 16.1 Å². The maximum Gasteiger partial charge on any atom is 0.224 e. The second-order valence-electron chi connectivity index (χ2n) is 9.94. The molecule has 3 aromatic rings. The van der Waals surface area contributed by atoms with Gasteiger partial charge in [-0.05, 0) is 51.0 Å². The zero-order valence-electron chi connectivity index (χ0n) is 22.1. The second-order valence-corrected chi connectivity index (χ2v) is 9.94. The molecule has 0 bridgehead atoms. The highest BCUT2D eigenvalue weighted by Gasteiger charge is 2.26. The number of ether oxygens (including phenoxy) is 3. The Hall–Kier alpha value is -3.17. The highest BCUT2D eigenvalue weighted by atomic mass is 16.5. The van der Waals surface area contributed by atoms with Crippen LogP contribution < -0.4 is 9.64 Å². The number of methoxy groups -OCH3 is 1. The Kier molecular flexibility index (Phi) is 7.90. The van der Waals surface area contributed by atoms with Gasteiger partial charge in [0.05, 0.1) is 37.6 Å². The van der Waals surface area contributed by atoms with E-state index < -0.39 is 0 Å². The van der Waals surface area contributed by atoms with Crippen molar-refractivity contribution >= 4 is 22.6 Å². The predicted molar refractivity (Wildman–Crippen MR) is 142 cm³/mol. The van der Waals surface area contributed by atoms with Crippen LogP contribution in [0, 0.1) is 13.8 Å². The molecule has 0 N–H and O–H groups in total. The van der Waals surface area contributed by atoms with E-state index in [1.807, 2.05) is 47.7 Å². The maximum absolute atomic E-state index is 13.6. The molecule has 2 aliphatic heterocycles. The van der Waals surface area contributed by atoms with Gasteiger partial charge in [0, 0.05) is 68.5 Å². The molecule has 0 spiro atoms. The summed E-state index contributed by atoms with van der Waals surface area (Å²) in [5.41, 5.74) is 3.96. The van der Waals surface area contributed by atoms with E-state index in [0.717, 1.165) is 72.0 Å². The van der Waals surface area contributed by atoms with Gasteiger partial charge in [-0.3, -0.25) is 9.48 Å². The summed E-state index contributed by atoms with van der Waals surface area (Å²) in [6, 6.07) is 10.2. The molecule has 2 fully saturated rings. The number of carbonyl (C=O) groups is 1. The van der Waals surface area contributed by atoms with Gasteiger partial charge in [0.2, 0.25) is 5.91 Å². The van der Waals surface area contributed by atoms with Gasteiger partial charge in [-0.2, -0.15) is 5.10 Å². The Bertz CT molecular complexity index is 1230. The van der Waals surface area contributed by atoms with Crippen molar-refractivity contribution in [1.82, 2.24) is 19.7 Å². The third kappa shape index (κ3) is 6.05. The zero-order valence-corrected chi connectivity index (χ0v) is 22.1. The number of aryl methyl sites for hydroxylation is 3. The first kappa shape index (κ1) is 25.5. The minimum Gasteiger partial charge on any atom is -0.497 e. The number of hydrogen-bond acceptors (Lipinski definition) is 7. The van der Waals surface area contributed by atoms with Crippen LogP contribution in [0.1, 0.15) is 36.2 Å². The fourth-order valence-corrected chi connectivity index (χ4v) is 5.23. The van der Waals surface area contributed by atoms with Crippen molar-refractivity contribution in [2.75, 3.05) is 51.5 Å². The molecule has 9 heteroatoms. The molecular formula is C28H37N5O4. The summed E-state index contributed by atoms with van der Waals surface area (Å²) in [5.74, 6) is 1.79. The average Bonchev–Trinajstić information content (AvgIpc) is 3.55. The molecule has 0 radical (unpaired) electrons. The fraction of sp³-hybridized carbons (Fsp3) is 0.536. The van der Waals surface area contributed by atoms with Gasteiger partial charge in [0.1, 0.15) is 11.6 Å². The van der Waals surface area contributed by atoms with E-state index in [1.165, 1.54) is 0 Å². The van der Waals surface area contributed by atoms with Crippen molar-refractivity contribution in [2.45, 2.75) is 52.3 Å². The molecule has 2 aliphatic rings. The van der Waals surface area contributed by atoms with Crippen LogP contribution in [-0.2, 0) is 27.4 Å². The molecule has 0 aliphatic carbocycles. The molecule has 2 saturated heterocycles. The van der Waals surface area contributed by atoms with Gasteiger partial charge in [-0.25, -0.2) is 4.98 Å². The summed E-state index contributed by atoms with van der Waals surface area (Å²) in [5, 5.41) is 5.56. The summed E-state index contributed by atoms with van der Waals surface area (Å²) in [7, 11) is 1.67. The van der Waals surface area contributed by atoms with Crippen LogP contribution in [0.2, 0.25) is 0 Å². The molecule has 0 saturated carbocycles. The van der Waals surface area contributed by atoms with E-state index >= 15 is 0 Å². The SMILES string of the molecule is COc1ccc2cc(CN(C[C@@H]3CCCO3)C(=O)CCn3nc(C)cc3C)c(N3CCOCC3)nc2c1. The number of amides is 1. The number of nitrogens with zero attached hydrogens (tertiary/aromatic N) is 5. The number of morpholine rings is 1. The lowest BCUT2D eigenvalue weighted by Gasteiger charge is -2.32. The van der Waals surface area contributed by atoms with Gasteiger partial charge in [-0.15, -0.1) is 0 Å². The van der Waals surface area contributed by atoms with E-state index in [1.54, 1.807) is 7.11 Å². The van der Waals surface area contributed by atoms with Crippen LogP contribution in [0.15, 0.2) is 30.3 Å². The number of hydrogen-bond donors (Lipinski definition) is 0. The zero-order chi connectivity index (χ0) is 25.8. The summed E-state index contributed by atoms with van der Waals surface area (Å²) >= 11 is 0. The fourth-order valence-electron chi connectivity index (χ4n) is 5.23. The van der Waals surface area contributed by atoms with Crippen LogP contribution >= 0.6 is 0 Å². The lowest BCUT2D eigenvalue weighted by molar-refractivity contribution is -0.133. The molecule has 1 atom stereocenters. The van der Waals surface area contributed by atoms with E-state index in [-0.39, 0.29) is 12.0 Å². The third-order valence-electron chi connectivity index (χ3n) is 7.19.